The van der Waals surface area contributed by atoms with Gasteiger partial charge in [-0.1, -0.05) is 24.6 Å². The van der Waals surface area contributed by atoms with E-state index in [9.17, 15) is 9.90 Å². The monoisotopic (exact) mass is 334 g/mol. The van der Waals surface area contributed by atoms with Crippen LogP contribution in [0, 0.1) is 5.92 Å². The second-order valence-corrected chi connectivity index (χ2v) is 7.16. The van der Waals surface area contributed by atoms with Crippen molar-refractivity contribution in [3.8, 4) is 0 Å². The fourth-order valence-corrected chi connectivity index (χ4v) is 3.72. The summed E-state index contributed by atoms with van der Waals surface area (Å²) < 4.78 is 0. The molecule has 2 atom stereocenters. The normalized spacial score (nSPS) is 20.7. The second-order valence-electron chi connectivity index (χ2n) is 6.10. The fraction of sp³-hybridized carbons (Fsp3) is 0.500. The maximum atomic E-state index is 12.3. The molecule has 1 aromatic carbocycles. The molecule has 2 unspecified atom stereocenters. The molecule has 0 bridgehead atoms. The van der Waals surface area contributed by atoms with E-state index >= 15 is 0 Å². The van der Waals surface area contributed by atoms with E-state index < -0.39 is 0 Å². The second kappa shape index (κ2) is 9.11. The number of hydrogen-bond donors (Lipinski definition) is 2. The van der Waals surface area contributed by atoms with Gasteiger partial charge in [-0.25, -0.2) is 0 Å². The molecule has 4 nitrogen and oxygen atoms in total. The molecule has 0 spiro atoms. The summed E-state index contributed by atoms with van der Waals surface area (Å²) in [6.45, 7) is 4.83. The van der Waals surface area contributed by atoms with Crippen molar-refractivity contribution in [2.45, 2.75) is 30.3 Å². The average molecular weight is 334 g/mol. The molecule has 1 aliphatic carbocycles. The molecule has 1 aliphatic rings. The molecular weight excluding hydrogens is 308 g/mol. The van der Waals surface area contributed by atoms with Gasteiger partial charge in [-0.3, -0.25) is 9.69 Å². The molecular formula is C18H26N2O2S. The topological polar surface area (TPSA) is 52.6 Å². The van der Waals surface area contributed by atoms with Crippen LogP contribution in [0.25, 0.3) is 0 Å². The summed E-state index contributed by atoms with van der Waals surface area (Å²) in [5.41, 5.74) is 0.846. The first-order valence-electron chi connectivity index (χ1n) is 8.09. The van der Waals surface area contributed by atoms with Crippen LogP contribution in [0.1, 0.15) is 19.3 Å². The Morgan fingerprint density at radius 2 is 2.26 bits per heavy atom. The number of rotatable bonds is 8. The highest BCUT2D eigenvalue weighted by Crippen LogP contribution is 2.27. The van der Waals surface area contributed by atoms with Crippen LogP contribution in [0.3, 0.4) is 0 Å². The zero-order chi connectivity index (χ0) is 16.7. The lowest BCUT2D eigenvalue weighted by molar-refractivity contribution is -0.117. The molecule has 1 saturated carbocycles. The van der Waals surface area contributed by atoms with Crippen molar-refractivity contribution in [3.63, 3.8) is 0 Å². The van der Waals surface area contributed by atoms with Gasteiger partial charge in [0.2, 0.25) is 5.91 Å². The third kappa shape index (κ3) is 5.68. The average Bonchev–Trinajstić information content (AvgIpc) is 2.91. The van der Waals surface area contributed by atoms with E-state index in [1.165, 1.54) is 0 Å². The van der Waals surface area contributed by atoms with Gasteiger partial charge in [-0.2, -0.15) is 0 Å². The Bertz CT molecular complexity index is 536. The van der Waals surface area contributed by atoms with E-state index in [-0.39, 0.29) is 12.0 Å². The summed E-state index contributed by atoms with van der Waals surface area (Å²) >= 11 is 1.65. The minimum Gasteiger partial charge on any atom is -0.393 e. The van der Waals surface area contributed by atoms with Crippen LogP contribution in [0.2, 0.25) is 0 Å². The molecule has 0 aliphatic heterocycles. The predicted molar refractivity (Wildman–Crippen MR) is 96.8 cm³/mol. The Morgan fingerprint density at radius 1 is 1.48 bits per heavy atom. The Hall–Kier alpha value is -1.30. The number of likely N-dealkylation sites (N-methyl/N-ethyl adjacent to an activating group) is 1. The van der Waals surface area contributed by atoms with Crippen LogP contribution in [0.15, 0.2) is 41.8 Å². The van der Waals surface area contributed by atoms with Crippen molar-refractivity contribution in [2.24, 2.45) is 5.92 Å². The summed E-state index contributed by atoms with van der Waals surface area (Å²) in [6.07, 6.45) is 4.66. The van der Waals surface area contributed by atoms with Gasteiger partial charge in [0.15, 0.2) is 0 Å². The zero-order valence-corrected chi connectivity index (χ0v) is 14.5. The van der Waals surface area contributed by atoms with Crippen molar-refractivity contribution in [1.82, 2.24) is 4.90 Å². The summed E-state index contributed by atoms with van der Waals surface area (Å²) in [5, 5.41) is 12.9. The highest BCUT2D eigenvalue weighted by molar-refractivity contribution is 7.99. The lowest BCUT2D eigenvalue weighted by Crippen LogP contribution is -2.35. The maximum Gasteiger partial charge on any atom is 0.238 e. The lowest BCUT2D eigenvalue weighted by atomic mass is 10.1. The molecule has 1 amide bonds. The summed E-state index contributed by atoms with van der Waals surface area (Å²) in [7, 11) is 1.93. The number of para-hydroxylation sites is 1. The molecule has 1 fully saturated rings. The molecule has 23 heavy (non-hydrogen) atoms. The molecule has 0 radical (unpaired) electrons. The SMILES string of the molecule is C=CCSc1ccccc1NC(=O)CN(C)CC1CCCC1O. The molecule has 0 aromatic heterocycles. The number of anilines is 1. The van der Waals surface area contributed by atoms with E-state index in [2.05, 4.69) is 11.9 Å². The number of nitrogens with one attached hydrogen (secondary N) is 1. The fourth-order valence-electron chi connectivity index (χ4n) is 2.97. The lowest BCUT2D eigenvalue weighted by Gasteiger charge is -2.22. The first kappa shape index (κ1) is 18.0. The number of aliphatic hydroxyl groups excluding tert-OH is 1. The van der Waals surface area contributed by atoms with Gasteiger partial charge in [0, 0.05) is 17.2 Å². The number of aliphatic hydroxyl groups is 1. The third-order valence-electron chi connectivity index (χ3n) is 4.10. The van der Waals surface area contributed by atoms with Crippen LogP contribution < -0.4 is 5.32 Å². The van der Waals surface area contributed by atoms with E-state index in [1.54, 1.807) is 11.8 Å². The van der Waals surface area contributed by atoms with Crippen molar-refractivity contribution >= 4 is 23.4 Å². The zero-order valence-electron chi connectivity index (χ0n) is 13.7. The Kier molecular flexibility index (Phi) is 7.15. The van der Waals surface area contributed by atoms with Gasteiger partial charge in [0.05, 0.1) is 18.3 Å². The van der Waals surface area contributed by atoms with Gasteiger partial charge in [0.25, 0.3) is 0 Å². The Labute approximate surface area is 143 Å². The molecule has 5 heteroatoms. The Morgan fingerprint density at radius 3 is 2.96 bits per heavy atom. The quantitative estimate of drug-likeness (QED) is 0.567. The van der Waals surface area contributed by atoms with Crippen LogP contribution in [0.4, 0.5) is 5.69 Å². The van der Waals surface area contributed by atoms with Crippen molar-refractivity contribution in [1.29, 1.82) is 0 Å². The van der Waals surface area contributed by atoms with Gasteiger partial charge in [-0.05, 0) is 37.9 Å². The summed E-state index contributed by atoms with van der Waals surface area (Å²) in [6, 6.07) is 7.81. The molecule has 2 rings (SSSR count). The number of hydrogen-bond acceptors (Lipinski definition) is 4. The van der Waals surface area contributed by atoms with Crippen LogP contribution >= 0.6 is 11.8 Å². The van der Waals surface area contributed by atoms with Gasteiger partial charge in [0.1, 0.15) is 0 Å². The first-order valence-corrected chi connectivity index (χ1v) is 9.08. The van der Waals surface area contributed by atoms with Gasteiger partial charge in [-0.15, -0.1) is 18.3 Å². The van der Waals surface area contributed by atoms with E-state index in [0.717, 1.165) is 42.1 Å². The van der Waals surface area contributed by atoms with Crippen molar-refractivity contribution in [2.75, 3.05) is 31.2 Å². The number of amides is 1. The van der Waals surface area contributed by atoms with E-state index in [4.69, 9.17) is 0 Å². The molecule has 0 saturated heterocycles. The summed E-state index contributed by atoms with van der Waals surface area (Å²) in [4.78, 5) is 15.3. The van der Waals surface area contributed by atoms with Crippen LogP contribution in [-0.2, 0) is 4.79 Å². The first-order chi connectivity index (χ1) is 11.1. The number of benzene rings is 1. The van der Waals surface area contributed by atoms with Crippen molar-refractivity contribution < 1.29 is 9.90 Å². The minimum absolute atomic E-state index is 0.0216. The van der Waals surface area contributed by atoms with Crippen molar-refractivity contribution in [3.05, 3.63) is 36.9 Å². The number of nitrogens with zero attached hydrogens (tertiary/aromatic N) is 1. The van der Waals surface area contributed by atoms with Crippen LogP contribution in [0.5, 0.6) is 0 Å². The third-order valence-corrected chi connectivity index (χ3v) is 5.17. The summed E-state index contributed by atoms with van der Waals surface area (Å²) in [5.74, 6) is 1.08. The largest absolute Gasteiger partial charge is 0.393 e. The van der Waals surface area contributed by atoms with E-state index in [1.807, 2.05) is 42.3 Å². The molecule has 0 heterocycles. The number of carbonyl (C=O) groups is 1. The minimum atomic E-state index is -0.212. The molecule has 1 aromatic rings. The maximum absolute atomic E-state index is 12.3. The highest BCUT2D eigenvalue weighted by atomic mass is 32.2. The number of thioether (sulfide) groups is 1. The number of carbonyl (C=O) groups excluding carboxylic acids is 1. The van der Waals surface area contributed by atoms with Gasteiger partial charge >= 0.3 is 0 Å². The smallest absolute Gasteiger partial charge is 0.238 e. The highest BCUT2D eigenvalue weighted by Gasteiger charge is 2.26. The predicted octanol–water partition coefficient (Wildman–Crippen LogP) is 3.00. The molecule has 2 N–H and O–H groups in total. The Balaban J connectivity index is 1.85. The van der Waals surface area contributed by atoms with Gasteiger partial charge < -0.3 is 10.4 Å². The van der Waals surface area contributed by atoms with Crippen LogP contribution in [-0.4, -0.2) is 47.9 Å². The standard InChI is InChI=1S/C18H26N2O2S/c1-3-11-23-17-10-5-4-8-15(17)19-18(22)13-20(2)12-14-7-6-9-16(14)21/h3-5,8,10,14,16,21H,1,6-7,9,11-13H2,2H3,(H,19,22). The molecule has 126 valence electrons. The van der Waals surface area contributed by atoms with E-state index in [0.29, 0.717) is 12.5 Å².